The van der Waals surface area contributed by atoms with Gasteiger partial charge in [0.25, 0.3) is 5.56 Å². The molecule has 3 rings (SSSR count). The molecular weight excluding hydrogens is 220 g/mol. The lowest BCUT2D eigenvalue weighted by molar-refractivity contribution is 1.05. The number of fused-ring (bicyclic) bond motifs is 1. The average Bonchev–Trinajstić information content (AvgIpc) is 2.71. The molecule has 6 nitrogen and oxygen atoms in total. The molecule has 0 aliphatic heterocycles. The Morgan fingerprint density at radius 1 is 1.00 bits per heavy atom. The number of rotatable bonds is 1. The van der Waals surface area contributed by atoms with Gasteiger partial charge in [0, 0.05) is 0 Å². The van der Waals surface area contributed by atoms with Crippen molar-refractivity contribution in [2.45, 2.75) is 0 Å². The molecule has 2 heterocycles. The maximum absolute atomic E-state index is 11.6. The smallest absolute Gasteiger partial charge is 0.304 e. The molecule has 0 saturated carbocycles. The zero-order chi connectivity index (χ0) is 11.8. The van der Waals surface area contributed by atoms with Gasteiger partial charge in [0.05, 0.1) is 5.69 Å². The van der Waals surface area contributed by atoms with Gasteiger partial charge in [-0.25, -0.2) is 4.79 Å². The van der Waals surface area contributed by atoms with Crippen molar-refractivity contribution >= 4 is 11.0 Å². The van der Waals surface area contributed by atoms with E-state index in [0.29, 0.717) is 11.1 Å². The molecule has 17 heavy (non-hydrogen) atoms. The van der Waals surface area contributed by atoms with Gasteiger partial charge in [-0.05, 0) is 5.56 Å². The number of hydrogen-bond acceptors (Lipinski definition) is 3. The Morgan fingerprint density at radius 3 is 2.53 bits per heavy atom. The van der Waals surface area contributed by atoms with Crippen molar-refractivity contribution in [3.63, 3.8) is 0 Å². The number of benzene rings is 1. The quantitative estimate of drug-likeness (QED) is 0.569. The number of nitrogens with one attached hydrogen (secondary N) is 3. The van der Waals surface area contributed by atoms with Crippen molar-refractivity contribution in [2.75, 3.05) is 0 Å². The van der Waals surface area contributed by atoms with Crippen molar-refractivity contribution in [3.8, 4) is 11.3 Å². The van der Waals surface area contributed by atoms with Crippen LogP contribution in [0, 0.1) is 0 Å². The highest BCUT2D eigenvalue weighted by Crippen LogP contribution is 2.19. The molecule has 0 fully saturated rings. The predicted molar refractivity (Wildman–Crippen MR) is 62.8 cm³/mol. The molecular formula is C11H8N4O2. The maximum atomic E-state index is 11.6. The Bertz CT molecular complexity index is 782. The molecule has 0 spiro atoms. The van der Waals surface area contributed by atoms with Crippen molar-refractivity contribution in [1.29, 1.82) is 0 Å². The van der Waals surface area contributed by atoms with Crippen LogP contribution < -0.4 is 11.2 Å². The van der Waals surface area contributed by atoms with E-state index in [1.165, 1.54) is 0 Å². The summed E-state index contributed by atoms with van der Waals surface area (Å²) >= 11 is 0. The summed E-state index contributed by atoms with van der Waals surface area (Å²) in [5, 5.41) is 5.34. The van der Waals surface area contributed by atoms with Crippen LogP contribution in [0.3, 0.4) is 0 Å². The summed E-state index contributed by atoms with van der Waals surface area (Å²) in [4.78, 5) is 29.3. The van der Waals surface area contributed by atoms with Gasteiger partial charge in [0.15, 0.2) is 5.65 Å². The van der Waals surface area contributed by atoms with Crippen LogP contribution in [-0.4, -0.2) is 20.2 Å². The number of aromatic amines is 3. The Hall–Kier alpha value is -2.63. The van der Waals surface area contributed by atoms with Gasteiger partial charge in [0.1, 0.15) is 5.39 Å². The van der Waals surface area contributed by atoms with Gasteiger partial charge in [-0.15, -0.1) is 0 Å². The first-order chi connectivity index (χ1) is 8.25. The molecule has 0 bridgehead atoms. The van der Waals surface area contributed by atoms with Gasteiger partial charge in [-0.2, -0.15) is 4.98 Å². The van der Waals surface area contributed by atoms with Crippen LogP contribution in [-0.2, 0) is 0 Å². The second-order valence-corrected chi connectivity index (χ2v) is 3.59. The third-order valence-corrected chi connectivity index (χ3v) is 2.52. The molecule has 6 heteroatoms. The molecule has 2 aromatic heterocycles. The Labute approximate surface area is 94.3 Å². The first-order valence-corrected chi connectivity index (χ1v) is 5.02. The van der Waals surface area contributed by atoms with E-state index in [1.54, 1.807) is 0 Å². The van der Waals surface area contributed by atoms with Gasteiger partial charge in [0.2, 0.25) is 0 Å². The van der Waals surface area contributed by atoms with E-state index < -0.39 is 5.69 Å². The summed E-state index contributed by atoms with van der Waals surface area (Å²) in [6.07, 6.45) is 0. The van der Waals surface area contributed by atoms with Gasteiger partial charge >= 0.3 is 5.69 Å². The number of H-pyrrole nitrogens is 3. The maximum Gasteiger partial charge on any atom is 0.347 e. The van der Waals surface area contributed by atoms with E-state index in [2.05, 4.69) is 20.2 Å². The summed E-state index contributed by atoms with van der Waals surface area (Å²) in [5.74, 6) is 0. The highest BCUT2D eigenvalue weighted by atomic mass is 16.1. The Morgan fingerprint density at radius 2 is 1.76 bits per heavy atom. The van der Waals surface area contributed by atoms with Crippen molar-refractivity contribution in [2.24, 2.45) is 0 Å². The van der Waals surface area contributed by atoms with Crippen LogP contribution in [0.1, 0.15) is 0 Å². The first kappa shape index (κ1) is 9.59. The molecule has 3 N–H and O–H groups in total. The van der Waals surface area contributed by atoms with E-state index in [1.807, 2.05) is 30.3 Å². The number of aromatic nitrogens is 4. The second kappa shape index (κ2) is 3.44. The molecule has 0 aliphatic rings. The minimum atomic E-state index is -0.494. The summed E-state index contributed by atoms with van der Waals surface area (Å²) < 4.78 is 0. The largest absolute Gasteiger partial charge is 0.347 e. The normalized spacial score (nSPS) is 10.8. The fourth-order valence-electron chi connectivity index (χ4n) is 1.78. The van der Waals surface area contributed by atoms with Gasteiger partial charge in [-0.3, -0.25) is 15.0 Å². The average molecular weight is 228 g/mol. The molecule has 0 atom stereocenters. The minimum absolute atomic E-state index is 0.262. The summed E-state index contributed by atoms with van der Waals surface area (Å²) in [6.45, 7) is 0. The zero-order valence-electron chi connectivity index (χ0n) is 8.65. The summed E-state index contributed by atoms with van der Waals surface area (Å²) in [5.41, 5.74) is 0.706. The van der Waals surface area contributed by atoms with E-state index >= 15 is 0 Å². The monoisotopic (exact) mass is 228 g/mol. The van der Waals surface area contributed by atoms with E-state index in [9.17, 15) is 9.59 Å². The minimum Gasteiger partial charge on any atom is -0.304 e. The highest BCUT2D eigenvalue weighted by Gasteiger charge is 2.11. The van der Waals surface area contributed by atoms with Crippen molar-refractivity contribution in [1.82, 2.24) is 20.2 Å². The molecule has 1 aromatic carbocycles. The number of hydrogen-bond donors (Lipinski definition) is 3. The lowest BCUT2D eigenvalue weighted by Crippen LogP contribution is -2.13. The van der Waals surface area contributed by atoms with Crippen LogP contribution in [0.5, 0.6) is 0 Å². The van der Waals surface area contributed by atoms with Crippen LogP contribution in [0.4, 0.5) is 0 Å². The third-order valence-electron chi connectivity index (χ3n) is 2.52. The number of nitrogens with zero attached hydrogens (tertiary/aromatic N) is 1. The van der Waals surface area contributed by atoms with Crippen LogP contribution >= 0.6 is 0 Å². The van der Waals surface area contributed by atoms with Gasteiger partial charge in [-0.1, -0.05) is 30.3 Å². The van der Waals surface area contributed by atoms with Crippen LogP contribution in [0.15, 0.2) is 39.9 Å². The zero-order valence-corrected chi connectivity index (χ0v) is 8.65. The molecule has 0 amide bonds. The topological polar surface area (TPSA) is 94.4 Å². The lowest BCUT2D eigenvalue weighted by Gasteiger charge is -2.00. The standard InChI is InChI=1S/C11H8N4O2/c16-10-7-8(6-4-2-1-3-5-6)12-11(17)13-9(7)14-15-10/h1-5H,(H3,12,13,14,15,16,17). The Balaban J connectivity index is 2.47. The lowest BCUT2D eigenvalue weighted by atomic mass is 10.1. The van der Waals surface area contributed by atoms with Crippen LogP contribution in [0.2, 0.25) is 0 Å². The SMILES string of the molecule is O=c1nc2[nH][nH]c(=O)c2c(-c2ccccc2)[nH]1. The highest BCUT2D eigenvalue weighted by molar-refractivity contribution is 5.89. The van der Waals surface area contributed by atoms with E-state index in [-0.39, 0.29) is 11.2 Å². The van der Waals surface area contributed by atoms with E-state index in [4.69, 9.17) is 0 Å². The molecule has 3 aromatic rings. The molecule has 0 unspecified atom stereocenters. The molecule has 0 saturated heterocycles. The van der Waals surface area contributed by atoms with E-state index in [0.717, 1.165) is 5.56 Å². The third kappa shape index (κ3) is 1.46. The molecule has 84 valence electrons. The molecule has 0 aliphatic carbocycles. The van der Waals surface area contributed by atoms with Crippen molar-refractivity contribution < 1.29 is 0 Å². The van der Waals surface area contributed by atoms with Crippen molar-refractivity contribution in [3.05, 3.63) is 51.2 Å². The summed E-state index contributed by atoms with van der Waals surface area (Å²) in [6, 6.07) is 9.16. The fourth-order valence-corrected chi connectivity index (χ4v) is 1.78. The van der Waals surface area contributed by atoms with Crippen LogP contribution in [0.25, 0.3) is 22.3 Å². The fraction of sp³-hybridized carbons (Fsp3) is 0. The predicted octanol–water partition coefficient (Wildman–Crippen LogP) is 0.607. The Kier molecular flexibility index (Phi) is 1.94. The second-order valence-electron chi connectivity index (χ2n) is 3.59. The first-order valence-electron chi connectivity index (χ1n) is 5.02. The van der Waals surface area contributed by atoms with Gasteiger partial charge < -0.3 is 4.98 Å². The summed E-state index contributed by atoms with van der Waals surface area (Å²) in [7, 11) is 0. The molecule has 0 radical (unpaired) electrons.